The summed E-state index contributed by atoms with van der Waals surface area (Å²) >= 11 is 0. The minimum Gasteiger partial charge on any atom is -0.384 e. The van der Waals surface area contributed by atoms with Crippen molar-refractivity contribution in [3.05, 3.63) is 35.9 Å². The van der Waals surface area contributed by atoms with E-state index in [1.165, 1.54) is 6.26 Å². The van der Waals surface area contributed by atoms with Crippen LogP contribution in [-0.4, -0.2) is 64.3 Å². The van der Waals surface area contributed by atoms with Gasteiger partial charge in [0, 0.05) is 19.3 Å². The molecular formula is C17H29N3O4S. The van der Waals surface area contributed by atoms with Crippen molar-refractivity contribution in [3.8, 4) is 0 Å². The third kappa shape index (κ3) is 9.42. The number of sulfone groups is 1. The Morgan fingerprint density at radius 2 is 1.92 bits per heavy atom. The lowest BCUT2D eigenvalue weighted by atomic mass is 9.96. The summed E-state index contributed by atoms with van der Waals surface area (Å²) in [5, 5.41) is 16.8. The van der Waals surface area contributed by atoms with Crippen LogP contribution in [0.25, 0.3) is 0 Å². The van der Waals surface area contributed by atoms with Gasteiger partial charge in [-0.1, -0.05) is 30.3 Å². The molecule has 0 saturated carbocycles. The molecule has 1 atom stereocenters. The summed E-state index contributed by atoms with van der Waals surface area (Å²) in [6, 6.07) is 9.39. The Kier molecular flexibility index (Phi) is 8.88. The van der Waals surface area contributed by atoms with Gasteiger partial charge in [-0.3, -0.25) is 0 Å². The van der Waals surface area contributed by atoms with Crippen LogP contribution in [0.15, 0.2) is 35.3 Å². The van der Waals surface area contributed by atoms with Gasteiger partial charge >= 0.3 is 0 Å². The number of ether oxygens (including phenoxy) is 1. The van der Waals surface area contributed by atoms with E-state index in [-0.39, 0.29) is 18.9 Å². The molecule has 142 valence electrons. The molecule has 8 heteroatoms. The standard InChI is InChI=1S/C17H29N3O4S/c1-4-18-16(19-10-11-24-12-13-25(3,22)23)20-14-17(2,21)15-8-6-5-7-9-15/h5-9,21H,4,10-14H2,1-3H3,(H2,18,19,20). The van der Waals surface area contributed by atoms with E-state index in [4.69, 9.17) is 4.74 Å². The zero-order chi connectivity index (χ0) is 18.8. The van der Waals surface area contributed by atoms with E-state index in [0.29, 0.717) is 25.7 Å². The van der Waals surface area contributed by atoms with Gasteiger partial charge in [-0.25, -0.2) is 13.4 Å². The molecule has 3 N–H and O–H groups in total. The molecular weight excluding hydrogens is 342 g/mol. The topological polar surface area (TPSA) is 100 Å². The number of benzene rings is 1. The van der Waals surface area contributed by atoms with Gasteiger partial charge in [-0.15, -0.1) is 0 Å². The van der Waals surface area contributed by atoms with Gasteiger partial charge in [0.1, 0.15) is 15.4 Å². The van der Waals surface area contributed by atoms with Crippen LogP contribution < -0.4 is 10.6 Å². The maximum atomic E-state index is 11.0. The summed E-state index contributed by atoms with van der Waals surface area (Å²) < 4.78 is 27.3. The molecule has 1 aromatic carbocycles. The molecule has 0 aromatic heterocycles. The Balaban J connectivity index is 2.46. The fourth-order valence-corrected chi connectivity index (χ4v) is 2.44. The van der Waals surface area contributed by atoms with Crippen molar-refractivity contribution in [1.29, 1.82) is 0 Å². The zero-order valence-electron chi connectivity index (χ0n) is 15.2. The summed E-state index contributed by atoms with van der Waals surface area (Å²) in [5.41, 5.74) is -0.256. The zero-order valence-corrected chi connectivity index (χ0v) is 16.0. The summed E-state index contributed by atoms with van der Waals surface area (Å²) in [4.78, 5) is 4.41. The van der Waals surface area contributed by atoms with Crippen molar-refractivity contribution < 1.29 is 18.3 Å². The van der Waals surface area contributed by atoms with E-state index in [1.807, 2.05) is 37.3 Å². The van der Waals surface area contributed by atoms with Crippen LogP contribution in [0, 0.1) is 0 Å². The second kappa shape index (κ2) is 10.4. The maximum Gasteiger partial charge on any atom is 0.191 e. The number of nitrogens with zero attached hydrogens (tertiary/aromatic N) is 1. The fourth-order valence-electron chi connectivity index (χ4n) is 2.02. The van der Waals surface area contributed by atoms with E-state index in [0.717, 1.165) is 5.56 Å². The normalized spacial score (nSPS) is 14.8. The molecule has 0 spiro atoms. The molecule has 0 amide bonds. The molecule has 1 aromatic rings. The molecule has 1 rings (SSSR count). The minimum absolute atomic E-state index is 0.0150. The van der Waals surface area contributed by atoms with Crippen LogP contribution in [0.1, 0.15) is 19.4 Å². The Morgan fingerprint density at radius 1 is 1.24 bits per heavy atom. The van der Waals surface area contributed by atoms with Crippen LogP contribution in [0.3, 0.4) is 0 Å². The number of nitrogens with one attached hydrogen (secondary N) is 2. The van der Waals surface area contributed by atoms with Gasteiger partial charge in [0.25, 0.3) is 0 Å². The average molecular weight is 372 g/mol. The third-order valence-corrected chi connectivity index (χ3v) is 4.33. The molecule has 0 fully saturated rings. The quantitative estimate of drug-likeness (QED) is 0.315. The van der Waals surface area contributed by atoms with Crippen LogP contribution in [-0.2, 0) is 20.2 Å². The SMILES string of the molecule is CCNC(=NCC(C)(O)c1ccccc1)NCCOCCS(C)(=O)=O. The van der Waals surface area contributed by atoms with Gasteiger partial charge in [0.05, 0.1) is 25.5 Å². The second-order valence-electron chi connectivity index (χ2n) is 6.00. The molecule has 0 heterocycles. The Morgan fingerprint density at radius 3 is 2.52 bits per heavy atom. The third-order valence-electron chi connectivity index (χ3n) is 3.42. The summed E-state index contributed by atoms with van der Waals surface area (Å²) in [6.07, 6.45) is 1.18. The van der Waals surface area contributed by atoms with Crippen LogP contribution in [0.4, 0.5) is 0 Å². The summed E-state index contributed by atoms with van der Waals surface area (Å²) in [7, 11) is -3.00. The lowest BCUT2D eigenvalue weighted by molar-refractivity contribution is 0.0672. The molecule has 7 nitrogen and oxygen atoms in total. The average Bonchev–Trinajstić information content (AvgIpc) is 2.55. The molecule has 0 aliphatic heterocycles. The minimum atomic E-state index is -3.00. The largest absolute Gasteiger partial charge is 0.384 e. The molecule has 25 heavy (non-hydrogen) atoms. The number of hydrogen-bond donors (Lipinski definition) is 3. The fraction of sp³-hybridized carbons (Fsp3) is 0.588. The second-order valence-corrected chi connectivity index (χ2v) is 8.26. The number of aliphatic hydroxyl groups is 1. The number of guanidine groups is 1. The first-order valence-electron chi connectivity index (χ1n) is 8.30. The van der Waals surface area contributed by atoms with E-state index in [1.54, 1.807) is 6.92 Å². The van der Waals surface area contributed by atoms with E-state index < -0.39 is 15.4 Å². The monoisotopic (exact) mass is 371 g/mol. The van der Waals surface area contributed by atoms with Gasteiger partial charge in [0.15, 0.2) is 5.96 Å². The van der Waals surface area contributed by atoms with Crippen LogP contribution >= 0.6 is 0 Å². The first-order valence-corrected chi connectivity index (χ1v) is 10.4. The van der Waals surface area contributed by atoms with E-state index in [2.05, 4.69) is 15.6 Å². The van der Waals surface area contributed by atoms with Crippen molar-refractivity contribution in [3.63, 3.8) is 0 Å². The van der Waals surface area contributed by atoms with Gasteiger partial charge < -0.3 is 20.5 Å². The first kappa shape index (κ1) is 21.4. The number of rotatable bonds is 10. The highest BCUT2D eigenvalue weighted by molar-refractivity contribution is 7.90. The van der Waals surface area contributed by atoms with Crippen molar-refractivity contribution in [2.75, 3.05) is 44.9 Å². The molecule has 0 aliphatic rings. The molecule has 0 saturated heterocycles. The highest BCUT2D eigenvalue weighted by Gasteiger charge is 2.22. The highest BCUT2D eigenvalue weighted by Crippen LogP contribution is 2.20. The van der Waals surface area contributed by atoms with Crippen LogP contribution in [0.5, 0.6) is 0 Å². The summed E-state index contributed by atoms with van der Waals surface area (Å²) in [5.74, 6) is 0.589. The van der Waals surface area contributed by atoms with Crippen molar-refractivity contribution in [2.24, 2.45) is 4.99 Å². The smallest absolute Gasteiger partial charge is 0.191 e. The van der Waals surface area contributed by atoms with Crippen molar-refractivity contribution >= 4 is 15.8 Å². The molecule has 0 radical (unpaired) electrons. The van der Waals surface area contributed by atoms with Gasteiger partial charge in [-0.2, -0.15) is 0 Å². The predicted octanol–water partition coefficient (Wildman–Crippen LogP) is 0.510. The van der Waals surface area contributed by atoms with Crippen molar-refractivity contribution in [2.45, 2.75) is 19.4 Å². The lowest BCUT2D eigenvalue weighted by Crippen LogP contribution is -2.40. The lowest BCUT2D eigenvalue weighted by Gasteiger charge is -2.22. The Hall–Kier alpha value is -1.64. The molecule has 1 unspecified atom stereocenters. The van der Waals surface area contributed by atoms with Gasteiger partial charge in [0.2, 0.25) is 0 Å². The van der Waals surface area contributed by atoms with E-state index in [9.17, 15) is 13.5 Å². The Bertz CT molecular complexity index is 631. The number of aliphatic imine (C=N–C) groups is 1. The predicted molar refractivity (Wildman–Crippen MR) is 101 cm³/mol. The van der Waals surface area contributed by atoms with E-state index >= 15 is 0 Å². The Labute approximate surface area is 150 Å². The summed E-state index contributed by atoms with van der Waals surface area (Å²) in [6.45, 7) is 5.61. The first-order chi connectivity index (χ1) is 11.7. The maximum absolute atomic E-state index is 11.0. The van der Waals surface area contributed by atoms with Crippen molar-refractivity contribution in [1.82, 2.24) is 10.6 Å². The molecule has 0 bridgehead atoms. The highest BCUT2D eigenvalue weighted by atomic mass is 32.2. The number of hydrogen-bond acceptors (Lipinski definition) is 5. The van der Waals surface area contributed by atoms with Crippen LogP contribution in [0.2, 0.25) is 0 Å². The molecule has 0 aliphatic carbocycles. The van der Waals surface area contributed by atoms with Gasteiger partial charge in [-0.05, 0) is 19.4 Å².